The van der Waals surface area contributed by atoms with Gasteiger partial charge in [0.2, 0.25) is 5.91 Å². The van der Waals surface area contributed by atoms with Crippen LogP contribution in [0, 0.1) is 0 Å². The smallest absolute Gasteiger partial charge is 0.290 e. The first-order valence-electron chi connectivity index (χ1n) is 7.73. The maximum atomic E-state index is 12.6. The van der Waals surface area contributed by atoms with E-state index in [1.807, 2.05) is 24.3 Å². The van der Waals surface area contributed by atoms with E-state index in [-0.39, 0.29) is 17.6 Å². The Kier molecular flexibility index (Phi) is 3.78. The lowest BCUT2D eigenvalue weighted by atomic mass is 10.2. The average Bonchev–Trinajstić information content (AvgIpc) is 3.32. The molecule has 6 nitrogen and oxygen atoms in total. The van der Waals surface area contributed by atoms with E-state index in [0.717, 1.165) is 16.6 Å². The van der Waals surface area contributed by atoms with Crippen LogP contribution in [0.1, 0.15) is 23.4 Å². The van der Waals surface area contributed by atoms with Gasteiger partial charge in [-0.25, -0.2) is 4.98 Å². The van der Waals surface area contributed by atoms with Crippen LogP contribution in [0.15, 0.2) is 47.1 Å². The van der Waals surface area contributed by atoms with Crippen LogP contribution in [0.5, 0.6) is 0 Å². The number of nitrogens with one attached hydrogen (secondary N) is 1. The highest BCUT2D eigenvalue weighted by Gasteiger charge is 2.35. The SMILES string of the molecule is O=C(Nc1nc2ccccc2s1)[C@@H]1CCCN1C(=O)c1ccco1. The summed E-state index contributed by atoms with van der Waals surface area (Å²) in [7, 11) is 0. The van der Waals surface area contributed by atoms with Crippen molar-refractivity contribution in [3.8, 4) is 0 Å². The van der Waals surface area contributed by atoms with Gasteiger partial charge in [-0.1, -0.05) is 23.5 Å². The van der Waals surface area contributed by atoms with Crippen molar-refractivity contribution < 1.29 is 14.0 Å². The number of para-hydroxylation sites is 1. The summed E-state index contributed by atoms with van der Waals surface area (Å²) in [6, 6.07) is 10.5. The molecular weight excluding hydrogens is 326 g/mol. The Hall–Kier alpha value is -2.67. The summed E-state index contributed by atoms with van der Waals surface area (Å²) in [5.74, 6) is -0.192. The largest absolute Gasteiger partial charge is 0.459 e. The van der Waals surface area contributed by atoms with Gasteiger partial charge in [-0.15, -0.1) is 0 Å². The minimum Gasteiger partial charge on any atom is -0.459 e. The number of carbonyl (C=O) groups excluding carboxylic acids is 2. The van der Waals surface area contributed by atoms with Crippen molar-refractivity contribution >= 4 is 38.5 Å². The molecule has 1 aliphatic heterocycles. The normalized spacial score (nSPS) is 17.3. The van der Waals surface area contributed by atoms with Crippen LogP contribution < -0.4 is 5.32 Å². The minimum absolute atomic E-state index is 0.202. The van der Waals surface area contributed by atoms with Gasteiger partial charge in [0.1, 0.15) is 6.04 Å². The Morgan fingerprint density at radius 3 is 2.92 bits per heavy atom. The third-order valence-electron chi connectivity index (χ3n) is 4.07. The van der Waals surface area contributed by atoms with Gasteiger partial charge in [0.15, 0.2) is 10.9 Å². The summed E-state index contributed by atoms with van der Waals surface area (Å²) in [4.78, 5) is 31.0. The molecule has 3 heterocycles. The predicted molar refractivity (Wildman–Crippen MR) is 91.0 cm³/mol. The van der Waals surface area contributed by atoms with E-state index in [2.05, 4.69) is 10.3 Å². The molecule has 7 heteroatoms. The van der Waals surface area contributed by atoms with Gasteiger partial charge in [0.25, 0.3) is 5.91 Å². The summed E-state index contributed by atoms with van der Waals surface area (Å²) in [6.07, 6.45) is 2.90. The summed E-state index contributed by atoms with van der Waals surface area (Å²) < 4.78 is 6.18. The average molecular weight is 341 g/mol. The number of hydrogen-bond acceptors (Lipinski definition) is 5. The molecule has 2 aromatic heterocycles. The molecule has 0 spiro atoms. The molecule has 1 atom stereocenters. The monoisotopic (exact) mass is 341 g/mol. The Balaban J connectivity index is 1.51. The molecule has 0 radical (unpaired) electrons. The predicted octanol–water partition coefficient (Wildman–Crippen LogP) is 3.13. The van der Waals surface area contributed by atoms with Crippen molar-refractivity contribution in [2.24, 2.45) is 0 Å². The number of rotatable bonds is 3. The maximum absolute atomic E-state index is 12.6. The van der Waals surface area contributed by atoms with Crippen LogP contribution in [-0.4, -0.2) is 34.3 Å². The van der Waals surface area contributed by atoms with E-state index >= 15 is 0 Å². The van der Waals surface area contributed by atoms with Gasteiger partial charge in [-0.2, -0.15) is 0 Å². The van der Waals surface area contributed by atoms with Crippen LogP contribution in [0.25, 0.3) is 10.2 Å². The Bertz CT molecular complexity index is 855. The van der Waals surface area contributed by atoms with Gasteiger partial charge in [0, 0.05) is 6.54 Å². The minimum atomic E-state index is -0.491. The lowest BCUT2D eigenvalue weighted by Gasteiger charge is -2.22. The van der Waals surface area contributed by atoms with Crippen LogP contribution in [0.3, 0.4) is 0 Å². The number of amides is 2. The standard InChI is InChI=1S/C17H15N3O3S/c21-15(19-17-18-11-5-1-2-8-14(11)24-17)12-6-3-9-20(12)16(22)13-7-4-10-23-13/h1-2,4-5,7-8,10,12H,3,6,9H2,(H,18,19,21)/t12-/m0/s1. The molecule has 2 amide bonds. The molecule has 1 N–H and O–H groups in total. The van der Waals surface area contributed by atoms with Gasteiger partial charge in [0.05, 0.1) is 16.5 Å². The fourth-order valence-electron chi connectivity index (χ4n) is 2.94. The molecule has 0 unspecified atom stereocenters. The van der Waals surface area contributed by atoms with Crippen molar-refractivity contribution in [3.05, 3.63) is 48.4 Å². The second-order valence-electron chi connectivity index (χ2n) is 5.61. The molecule has 3 aromatic rings. The van der Waals surface area contributed by atoms with Crippen molar-refractivity contribution in [2.75, 3.05) is 11.9 Å². The lowest BCUT2D eigenvalue weighted by molar-refractivity contribution is -0.119. The van der Waals surface area contributed by atoms with Crippen LogP contribution in [0.2, 0.25) is 0 Å². The van der Waals surface area contributed by atoms with E-state index in [4.69, 9.17) is 4.42 Å². The van der Waals surface area contributed by atoms with E-state index in [9.17, 15) is 9.59 Å². The number of nitrogens with zero attached hydrogens (tertiary/aromatic N) is 2. The highest BCUT2D eigenvalue weighted by Crippen LogP contribution is 2.27. The molecule has 1 saturated heterocycles. The molecule has 24 heavy (non-hydrogen) atoms. The van der Waals surface area contributed by atoms with E-state index in [1.165, 1.54) is 17.6 Å². The van der Waals surface area contributed by atoms with Gasteiger partial charge >= 0.3 is 0 Å². The zero-order valence-corrected chi connectivity index (χ0v) is 13.6. The zero-order valence-electron chi connectivity index (χ0n) is 12.8. The lowest BCUT2D eigenvalue weighted by Crippen LogP contribution is -2.43. The van der Waals surface area contributed by atoms with Gasteiger partial charge < -0.3 is 14.6 Å². The fourth-order valence-corrected chi connectivity index (χ4v) is 3.81. The number of fused-ring (bicyclic) bond motifs is 1. The topological polar surface area (TPSA) is 75.4 Å². The number of likely N-dealkylation sites (tertiary alicyclic amines) is 1. The van der Waals surface area contributed by atoms with Crippen LogP contribution >= 0.6 is 11.3 Å². The molecule has 1 aromatic carbocycles. The number of anilines is 1. The van der Waals surface area contributed by atoms with Gasteiger partial charge in [-0.05, 0) is 37.1 Å². The van der Waals surface area contributed by atoms with Crippen molar-refractivity contribution in [1.82, 2.24) is 9.88 Å². The van der Waals surface area contributed by atoms with Crippen molar-refractivity contribution in [2.45, 2.75) is 18.9 Å². The first kappa shape index (κ1) is 14.9. The summed E-state index contributed by atoms with van der Waals surface area (Å²) in [5, 5.41) is 3.40. The van der Waals surface area contributed by atoms with Crippen molar-refractivity contribution in [3.63, 3.8) is 0 Å². The zero-order chi connectivity index (χ0) is 16.5. The molecule has 4 rings (SSSR count). The summed E-state index contributed by atoms with van der Waals surface area (Å²) in [6.45, 7) is 0.553. The van der Waals surface area contributed by atoms with E-state index in [1.54, 1.807) is 17.0 Å². The van der Waals surface area contributed by atoms with E-state index < -0.39 is 6.04 Å². The Morgan fingerprint density at radius 1 is 1.25 bits per heavy atom. The second kappa shape index (κ2) is 6.09. The Morgan fingerprint density at radius 2 is 2.12 bits per heavy atom. The molecule has 1 aliphatic rings. The number of hydrogen-bond donors (Lipinski definition) is 1. The highest BCUT2D eigenvalue weighted by atomic mass is 32.1. The van der Waals surface area contributed by atoms with Crippen LogP contribution in [-0.2, 0) is 4.79 Å². The summed E-state index contributed by atoms with van der Waals surface area (Å²) >= 11 is 1.43. The Labute approximate surface area is 142 Å². The second-order valence-corrected chi connectivity index (χ2v) is 6.64. The molecule has 0 bridgehead atoms. The highest BCUT2D eigenvalue weighted by molar-refractivity contribution is 7.22. The number of benzene rings is 1. The molecule has 0 saturated carbocycles. The first-order valence-corrected chi connectivity index (χ1v) is 8.55. The molecular formula is C17H15N3O3S. The van der Waals surface area contributed by atoms with Crippen molar-refractivity contribution in [1.29, 1.82) is 0 Å². The third kappa shape index (κ3) is 2.67. The number of carbonyl (C=O) groups is 2. The fraction of sp³-hybridized carbons (Fsp3) is 0.235. The quantitative estimate of drug-likeness (QED) is 0.794. The molecule has 122 valence electrons. The van der Waals surface area contributed by atoms with E-state index in [0.29, 0.717) is 18.1 Å². The maximum Gasteiger partial charge on any atom is 0.290 e. The van der Waals surface area contributed by atoms with Gasteiger partial charge in [-0.3, -0.25) is 9.59 Å². The molecule has 0 aliphatic carbocycles. The summed E-state index contributed by atoms with van der Waals surface area (Å²) in [5.41, 5.74) is 0.854. The van der Waals surface area contributed by atoms with Crippen LogP contribution in [0.4, 0.5) is 5.13 Å². The third-order valence-corrected chi connectivity index (χ3v) is 5.02. The number of thiazole rings is 1. The molecule has 1 fully saturated rings. The number of furan rings is 1. The first-order chi connectivity index (χ1) is 11.7. The number of aromatic nitrogens is 1.